The van der Waals surface area contributed by atoms with Gasteiger partial charge in [0.1, 0.15) is 11.5 Å². The van der Waals surface area contributed by atoms with E-state index in [1.807, 2.05) is 121 Å². The summed E-state index contributed by atoms with van der Waals surface area (Å²) in [6, 6.07) is 54.9. The smallest absolute Gasteiger partial charge is 0.148 e. The fourth-order valence-corrected chi connectivity index (χ4v) is 5.80. The number of hydrogen-bond donors (Lipinski definition) is 2. The summed E-state index contributed by atoms with van der Waals surface area (Å²) in [5.41, 5.74) is 16.0. The number of nitrogens with one attached hydrogen (secondary N) is 2. The van der Waals surface area contributed by atoms with E-state index in [9.17, 15) is 4.39 Å². The zero-order valence-corrected chi connectivity index (χ0v) is 28.5. The summed E-state index contributed by atoms with van der Waals surface area (Å²) in [7, 11) is 0. The van der Waals surface area contributed by atoms with E-state index in [1.54, 1.807) is 18.3 Å². The van der Waals surface area contributed by atoms with Crippen molar-refractivity contribution >= 4 is 44.6 Å². The molecule has 2 N–H and O–H groups in total. The molecule has 0 saturated heterocycles. The van der Waals surface area contributed by atoms with Crippen molar-refractivity contribution in [2.24, 2.45) is 10.2 Å². The Balaban J connectivity index is 0.000000162. The maximum Gasteiger partial charge on any atom is 0.148 e. The molecule has 0 atom stereocenters. The van der Waals surface area contributed by atoms with E-state index in [1.165, 1.54) is 6.07 Å². The number of halogens is 1. The van der Waals surface area contributed by atoms with Crippen molar-refractivity contribution in [1.29, 1.82) is 0 Å². The highest BCUT2D eigenvalue weighted by Crippen LogP contribution is 2.26. The molecular formula is C45H35FN6. The number of benzene rings is 6. The van der Waals surface area contributed by atoms with Gasteiger partial charge >= 0.3 is 0 Å². The number of rotatable bonds is 8. The van der Waals surface area contributed by atoms with Crippen LogP contribution in [0.1, 0.15) is 27.8 Å². The molecule has 0 radical (unpaired) electrons. The monoisotopic (exact) mass is 678 g/mol. The summed E-state index contributed by atoms with van der Waals surface area (Å²) in [6.45, 7) is 2.08. The molecule has 6 aromatic carbocycles. The van der Waals surface area contributed by atoms with Crippen molar-refractivity contribution < 1.29 is 4.39 Å². The van der Waals surface area contributed by atoms with Crippen LogP contribution in [-0.4, -0.2) is 21.4 Å². The van der Waals surface area contributed by atoms with Crippen molar-refractivity contribution in [3.63, 3.8) is 0 Å². The molecule has 8 rings (SSSR count). The molecule has 52 heavy (non-hydrogen) atoms. The molecule has 0 aliphatic rings. The van der Waals surface area contributed by atoms with E-state index in [4.69, 9.17) is 5.10 Å². The molecule has 0 spiro atoms. The Morgan fingerprint density at radius 1 is 0.500 bits per heavy atom. The zero-order chi connectivity index (χ0) is 35.5. The second-order valence-electron chi connectivity index (χ2n) is 12.0. The molecular weight excluding hydrogens is 644 g/mol. The first kappa shape index (κ1) is 33.5. The largest absolute Gasteiger partial charge is 0.278 e. The molecule has 252 valence electrons. The van der Waals surface area contributed by atoms with E-state index in [0.717, 1.165) is 55.8 Å². The number of aryl methyl sites for hydroxylation is 1. The van der Waals surface area contributed by atoms with E-state index in [0.29, 0.717) is 16.6 Å². The van der Waals surface area contributed by atoms with Gasteiger partial charge in [0.05, 0.1) is 28.1 Å². The molecule has 0 aliphatic heterocycles. The van der Waals surface area contributed by atoms with Crippen LogP contribution < -0.4 is 10.9 Å². The van der Waals surface area contributed by atoms with Crippen LogP contribution in [0.4, 0.5) is 15.8 Å². The standard InChI is InChI=1S/C23H19N3.C22H16FN3/c1-17-15-20-13-8-14-24-22(20)16-21(17)25-26-23(18-9-4-2-5-10-18)19-11-6-3-7-12-19;23-19-13-14-20-18(12-7-15-24-20)22(19)26-25-21(16-8-3-1-4-9-16)17-10-5-2-6-11-17/h2-16,25H,1H3;1-15,26H. The number of pyridine rings is 2. The summed E-state index contributed by atoms with van der Waals surface area (Å²) in [5.74, 6) is -0.366. The minimum atomic E-state index is -0.366. The summed E-state index contributed by atoms with van der Waals surface area (Å²) in [5, 5.41) is 11.1. The topological polar surface area (TPSA) is 74.6 Å². The normalized spacial score (nSPS) is 10.5. The highest BCUT2D eigenvalue weighted by atomic mass is 19.1. The molecule has 7 heteroatoms. The van der Waals surface area contributed by atoms with Crippen molar-refractivity contribution in [1.82, 2.24) is 9.97 Å². The number of hydrogen-bond acceptors (Lipinski definition) is 6. The second-order valence-corrected chi connectivity index (χ2v) is 12.0. The van der Waals surface area contributed by atoms with Gasteiger partial charge in [-0.1, -0.05) is 127 Å². The van der Waals surface area contributed by atoms with E-state index in [-0.39, 0.29) is 5.82 Å². The van der Waals surface area contributed by atoms with Crippen LogP contribution in [0.25, 0.3) is 21.8 Å². The van der Waals surface area contributed by atoms with Gasteiger partial charge in [0, 0.05) is 45.4 Å². The lowest BCUT2D eigenvalue weighted by molar-refractivity contribution is 0.632. The Bertz CT molecular complexity index is 2380. The molecule has 0 aliphatic carbocycles. The lowest BCUT2D eigenvalue weighted by Gasteiger charge is -2.11. The quantitative estimate of drug-likeness (QED) is 0.124. The van der Waals surface area contributed by atoms with Crippen LogP contribution in [0.15, 0.2) is 192 Å². The van der Waals surface area contributed by atoms with E-state index in [2.05, 4.69) is 69.2 Å². The Morgan fingerprint density at radius 3 is 1.52 bits per heavy atom. The van der Waals surface area contributed by atoms with E-state index < -0.39 is 0 Å². The highest BCUT2D eigenvalue weighted by Gasteiger charge is 2.11. The van der Waals surface area contributed by atoms with Crippen LogP contribution in [0.3, 0.4) is 0 Å². The minimum Gasteiger partial charge on any atom is -0.278 e. The Labute approximate surface area is 302 Å². The van der Waals surface area contributed by atoms with Gasteiger partial charge in [0.15, 0.2) is 0 Å². The molecule has 0 fully saturated rings. The molecule has 0 unspecified atom stereocenters. The predicted octanol–water partition coefficient (Wildman–Crippen LogP) is 10.6. The zero-order valence-electron chi connectivity index (χ0n) is 28.5. The van der Waals surface area contributed by atoms with Gasteiger partial charge in [0.25, 0.3) is 0 Å². The minimum absolute atomic E-state index is 0.319. The first-order valence-corrected chi connectivity index (χ1v) is 16.9. The fourth-order valence-electron chi connectivity index (χ4n) is 5.80. The number of nitrogens with zero attached hydrogens (tertiary/aromatic N) is 4. The lowest BCUT2D eigenvalue weighted by Crippen LogP contribution is -2.07. The number of aromatic nitrogens is 2. The van der Waals surface area contributed by atoms with E-state index >= 15 is 0 Å². The van der Waals surface area contributed by atoms with Crippen molar-refractivity contribution in [3.05, 3.63) is 216 Å². The Morgan fingerprint density at radius 2 is 0.981 bits per heavy atom. The summed E-state index contributed by atoms with van der Waals surface area (Å²) in [4.78, 5) is 8.71. The highest BCUT2D eigenvalue weighted by molar-refractivity contribution is 6.14. The summed E-state index contributed by atoms with van der Waals surface area (Å²) in [6.07, 6.45) is 3.50. The van der Waals surface area contributed by atoms with Crippen LogP contribution in [0.5, 0.6) is 0 Å². The molecule has 8 aromatic rings. The third-order valence-corrected chi connectivity index (χ3v) is 8.44. The predicted molar refractivity (Wildman–Crippen MR) is 212 cm³/mol. The molecule has 2 heterocycles. The van der Waals surface area contributed by atoms with Gasteiger partial charge in [-0.25, -0.2) is 4.39 Å². The molecule has 0 bridgehead atoms. The van der Waals surface area contributed by atoms with Crippen molar-refractivity contribution in [2.45, 2.75) is 6.92 Å². The Hall–Kier alpha value is -6.99. The number of fused-ring (bicyclic) bond motifs is 2. The third kappa shape index (κ3) is 7.90. The maximum atomic E-state index is 14.4. The third-order valence-electron chi connectivity index (χ3n) is 8.44. The van der Waals surface area contributed by atoms with Gasteiger partial charge in [0.2, 0.25) is 0 Å². The molecule has 6 nitrogen and oxygen atoms in total. The van der Waals surface area contributed by atoms with Crippen LogP contribution in [-0.2, 0) is 0 Å². The lowest BCUT2D eigenvalue weighted by atomic mass is 10.0. The van der Waals surface area contributed by atoms with Crippen LogP contribution in [0.2, 0.25) is 0 Å². The van der Waals surface area contributed by atoms with Crippen molar-refractivity contribution in [3.8, 4) is 0 Å². The van der Waals surface area contributed by atoms with Crippen LogP contribution in [0, 0.1) is 12.7 Å². The first-order valence-electron chi connectivity index (χ1n) is 16.9. The summed E-state index contributed by atoms with van der Waals surface area (Å²) < 4.78 is 14.4. The van der Waals surface area contributed by atoms with Gasteiger partial charge in [-0.2, -0.15) is 10.2 Å². The van der Waals surface area contributed by atoms with Crippen molar-refractivity contribution in [2.75, 3.05) is 10.9 Å². The average molecular weight is 679 g/mol. The second kappa shape index (κ2) is 16.1. The maximum absolute atomic E-state index is 14.4. The average Bonchev–Trinajstić information content (AvgIpc) is 3.21. The van der Waals surface area contributed by atoms with Crippen LogP contribution >= 0.6 is 0 Å². The molecule has 0 amide bonds. The number of hydrazone groups is 2. The fraction of sp³-hybridized carbons (Fsp3) is 0.0222. The first-order chi connectivity index (χ1) is 25.6. The molecule has 0 saturated carbocycles. The van der Waals surface area contributed by atoms with Gasteiger partial charge in [-0.3, -0.25) is 20.8 Å². The van der Waals surface area contributed by atoms with Gasteiger partial charge in [-0.05, 0) is 55.0 Å². The SMILES string of the molecule is Cc1cc2cccnc2cc1NN=C(c1ccccc1)c1ccccc1.Fc1ccc2ncccc2c1NN=C(c1ccccc1)c1ccccc1. The van der Waals surface area contributed by atoms with Gasteiger partial charge in [-0.15, -0.1) is 0 Å². The number of anilines is 2. The Kier molecular flexibility index (Phi) is 10.4. The summed E-state index contributed by atoms with van der Waals surface area (Å²) >= 11 is 0. The van der Waals surface area contributed by atoms with Gasteiger partial charge < -0.3 is 0 Å². The molecule has 2 aromatic heterocycles.